The van der Waals surface area contributed by atoms with E-state index in [4.69, 9.17) is 9.47 Å². The molecule has 0 saturated carbocycles. The molecule has 0 N–H and O–H groups in total. The van der Waals surface area contributed by atoms with Gasteiger partial charge in [-0.05, 0) is 119 Å². The third-order valence-corrected chi connectivity index (χ3v) is 8.05. The number of ether oxygens (including phenoxy) is 2. The van der Waals surface area contributed by atoms with Crippen molar-refractivity contribution < 1.29 is 9.47 Å². The summed E-state index contributed by atoms with van der Waals surface area (Å²) < 4.78 is 12.2. The Hall–Kier alpha value is -2.30. The molecule has 0 bridgehead atoms. The quantitative estimate of drug-likeness (QED) is 0.226. The largest absolute Gasteiger partial charge is 0.492 e. The van der Waals surface area contributed by atoms with E-state index >= 15 is 0 Å². The summed E-state index contributed by atoms with van der Waals surface area (Å²) in [5.41, 5.74) is 5.57. The lowest BCUT2D eigenvalue weighted by atomic mass is 9.88. The van der Waals surface area contributed by atoms with Gasteiger partial charge >= 0.3 is 0 Å². The Balaban J connectivity index is 1.47. The van der Waals surface area contributed by atoms with E-state index in [1.54, 1.807) is 5.57 Å². The molecular weight excluding hydrogens is 468 g/mol. The van der Waals surface area contributed by atoms with E-state index < -0.39 is 0 Å². The molecule has 38 heavy (non-hydrogen) atoms. The molecule has 0 radical (unpaired) electrons. The van der Waals surface area contributed by atoms with Crippen LogP contribution in [0.4, 0.5) is 0 Å². The number of rotatable bonds is 16. The zero-order chi connectivity index (χ0) is 26.4. The molecule has 4 nitrogen and oxygen atoms in total. The second-order valence-electron chi connectivity index (χ2n) is 11.0. The predicted octanol–water partition coefficient (Wildman–Crippen LogP) is 7.82. The zero-order valence-electron chi connectivity index (χ0n) is 24.1. The highest BCUT2D eigenvalue weighted by Crippen LogP contribution is 2.34. The lowest BCUT2D eigenvalue weighted by Crippen LogP contribution is -2.25. The van der Waals surface area contributed by atoms with Gasteiger partial charge in [0, 0.05) is 13.1 Å². The number of hydrogen-bond donors (Lipinski definition) is 0. The minimum atomic E-state index is 0.763. The Morgan fingerprint density at radius 1 is 0.605 bits per heavy atom. The maximum Gasteiger partial charge on any atom is 0.119 e. The first-order valence-electron chi connectivity index (χ1n) is 15.4. The van der Waals surface area contributed by atoms with Crippen LogP contribution < -0.4 is 9.47 Å². The number of allylic oxidation sites excluding steroid dienone is 1. The molecule has 4 heteroatoms. The molecule has 2 heterocycles. The minimum Gasteiger partial charge on any atom is -0.492 e. The fourth-order valence-corrected chi connectivity index (χ4v) is 5.76. The molecule has 0 aromatic heterocycles. The molecule has 4 rings (SSSR count). The summed E-state index contributed by atoms with van der Waals surface area (Å²) >= 11 is 0. The van der Waals surface area contributed by atoms with Crippen LogP contribution in [0.25, 0.3) is 5.57 Å². The summed E-state index contributed by atoms with van der Waals surface area (Å²) in [5, 5.41) is 0. The Morgan fingerprint density at radius 2 is 1.00 bits per heavy atom. The zero-order valence-corrected chi connectivity index (χ0v) is 24.1. The molecule has 0 atom stereocenters. The SMILES string of the molecule is CCCCC(CCCC)=C(c1ccc(OCCN2CCCC2)cc1)c1ccc(OCCN2CCCC2)cc1. The number of nitrogens with zero attached hydrogens (tertiary/aromatic N) is 2. The molecule has 0 spiro atoms. The van der Waals surface area contributed by atoms with Crippen LogP contribution in [-0.2, 0) is 0 Å². The van der Waals surface area contributed by atoms with Gasteiger partial charge in [0.15, 0.2) is 0 Å². The highest BCUT2D eigenvalue weighted by molar-refractivity contribution is 5.82. The van der Waals surface area contributed by atoms with Crippen molar-refractivity contribution in [3.05, 3.63) is 65.2 Å². The average Bonchev–Trinajstić information content (AvgIpc) is 3.67. The summed E-state index contributed by atoms with van der Waals surface area (Å²) in [4.78, 5) is 5.01. The maximum absolute atomic E-state index is 6.11. The summed E-state index contributed by atoms with van der Waals surface area (Å²) in [5.74, 6) is 1.94. The van der Waals surface area contributed by atoms with Gasteiger partial charge in [-0.2, -0.15) is 0 Å². The van der Waals surface area contributed by atoms with Gasteiger partial charge in [0.2, 0.25) is 0 Å². The van der Waals surface area contributed by atoms with Crippen LogP contribution in [0.3, 0.4) is 0 Å². The number of hydrogen-bond acceptors (Lipinski definition) is 4. The van der Waals surface area contributed by atoms with Gasteiger partial charge in [-0.25, -0.2) is 0 Å². The highest BCUT2D eigenvalue weighted by Gasteiger charge is 2.15. The van der Waals surface area contributed by atoms with Crippen LogP contribution in [0.1, 0.15) is 89.2 Å². The molecule has 2 aromatic rings. The van der Waals surface area contributed by atoms with Crippen LogP contribution in [-0.4, -0.2) is 62.3 Å². The first-order chi connectivity index (χ1) is 18.8. The van der Waals surface area contributed by atoms with Crippen molar-refractivity contribution in [2.24, 2.45) is 0 Å². The van der Waals surface area contributed by atoms with E-state index in [2.05, 4.69) is 72.2 Å². The molecule has 2 saturated heterocycles. The predicted molar refractivity (Wildman–Crippen MR) is 160 cm³/mol. The second-order valence-corrected chi connectivity index (χ2v) is 11.0. The molecule has 0 amide bonds. The fourth-order valence-electron chi connectivity index (χ4n) is 5.76. The van der Waals surface area contributed by atoms with Crippen LogP contribution in [0.2, 0.25) is 0 Å². The van der Waals surface area contributed by atoms with E-state index in [0.717, 1.165) is 50.6 Å². The fraction of sp³-hybridized carbons (Fsp3) is 0.588. The second kappa shape index (κ2) is 16.0. The minimum absolute atomic E-state index is 0.763. The van der Waals surface area contributed by atoms with Gasteiger partial charge in [0.25, 0.3) is 0 Å². The van der Waals surface area contributed by atoms with Crippen molar-refractivity contribution in [2.45, 2.75) is 78.1 Å². The standard InChI is InChI=1S/C34H50N2O2/c1-3-5-11-29(12-6-4-2)34(30-13-17-32(18-14-30)37-27-25-35-21-7-8-22-35)31-15-19-33(20-16-31)38-28-26-36-23-9-10-24-36/h13-20H,3-12,21-28H2,1-2H3. The normalized spacial score (nSPS) is 16.2. The molecule has 2 aliphatic heterocycles. The smallest absolute Gasteiger partial charge is 0.119 e. The van der Waals surface area contributed by atoms with Crippen LogP contribution >= 0.6 is 0 Å². The van der Waals surface area contributed by atoms with Crippen molar-refractivity contribution in [2.75, 3.05) is 52.5 Å². The van der Waals surface area contributed by atoms with Gasteiger partial charge in [-0.15, -0.1) is 0 Å². The van der Waals surface area contributed by atoms with E-state index in [1.165, 1.54) is 94.2 Å². The Bertz CT molecular complexity index is 877. The van der Waals surface area contributed by atoms with Crippen molar-refractivity contribution >= 4 is 5.57 Å². The summed E-state index contributed by atoms with van der Waals surface area (Å²) in [7, 11) is 0. The van der Waals surface area contributed by atoms with Gasteiger partial charge in [0.05, 0.1) is 0 Å². The van der Waals surface area contributed by atoms with Crippen molar-refractivity contribution in [3.8, 4) is 11.5 Å². The average molecular weight is 519 g/mol. The van der Waals surface area contributed by atoms with Crippen molar-refractivity contribution in [3.63, 3.8) is 0 Å². The first kappa shape index (κ1) is 28.7. The molecule has 208 valence electrons. The van der Waals surface area contributed by atoms with E-state index in [1.807, 2.05) is 0 Å². The monoisotopic (exact) mass is 518 g/mol. The topological polar surface area (TPSA) is 24.9 Å². The molecule has 2 aliphatic rings. The summed E-state index contributed by atoms with van der Waals surface area (Å²) in [6, 6.07) is 17.7. The maximum atomic E-state index is 6.11. The highest BCUT2D eigenvalue weighted by atomic mass is 16.5. The van der Waals surface area contributed by atoms with Gasteiger partial charge in [-0.3, -0.25) is 9.80 Å². The van der Waals surface area contributed by atoms with Gasteiger partial charge < -0.3 is 9.47 Å². The Labute approximate surface area is 232 Å². The van der Waals surface area contributed by atoms with Crippen molar-refractivity contribution in [1.82, 2.24) is 9.80 Å². The van der Waals surface area contributed by atoms with Crippen LogP contribution in [0.15, 0.2) is 54.1 Å². The van der Waals surface area contributed by atoms with Crippen molar-refractivity contribution in [1.29, 1.82) is 0 Å². The Morgan fingerprint density at radius 3 is 1.37 bits per heavy atom. The lowest BCUT2D eigenvalue weighted by molar-refractivity contribution is 0.237. The van der Waals surface area contributed by atoms with E-state index in [0.29, 0.717) is 0 Å². The van der Waals surface area contributed by atoms with E-state index in [-0.39, 0.29) is 0 Å². The summed E-state index contributed by atoms with van der Waals surface area (Å²) in [6.07, 6.45) is 12.5. The molecule has 0 aliphatic carbocycles. The molecule has 0 unspecified atom stereocenters. The van der Waals surface area contributed by atoms with Crippen LogP contribution in [0, 0.1) is 0 Å². The van der Waals surface area contributed by atoms with Gasteiger partial charge in [-0.1, -0.05) is 56.5 Å². The molecule has 2 fully saturated rings. The molecular formula is C34H50N2O2. The first-order valence-corrected chi connectivity index (χ1v) is 15.4. The number of benzene rings is 2. The lowest BCUT2D eigenvalue weighted by Gasteiger charge is -2.19. The third kappa shape index (κ3) is 8.88. The molecule has 2 aromatic carbocycles. The van der Waals surface area contributed by atoms with Crippen LogP contribution in [0.5, 0.6) is 11.5 Å². The number of likely N-dealkylation sites (tertiary alicyclic amines) is 2. The Kier molecular flexibility index (Phi) is 12.1. The number of unbranched alkanes of at least 4 members (excludes halogenated alkanes) is 2. The van der Waals surface area contributed by atoms with Gasteiger partial charge in [0.1, 0.15) is 24.7 Å². The summed E-state index contributed by atoms with van der Waals surface area (Å²) in [6.45, 7) is 13.0. The van der Waals surface area contributed by atoms with E-state index in [9.17, 15) is 0 Å². The third-order valence-electron chi connectivity index (χ3n) is 8.05.